The van der Waals surface area contributed by atoms with Crippen LogP contribution in [0.3, 0.4) is 0 Å². The van der Waals surface area contributed by atoms with Crippen molar-refractivity contribution in [1.29, 1.82) is 0 Å². The minimum atomic E-state index is 0.155. The van der Waals surface area contributed by atoms with Gasteiger partial charge in [0.05, 0.1) is 6.54 Å². The van der Waals surface area contributed by atoms with Crippen LogP contribution in [-0.2, 0) is 0 Å². The summed E-state index contributed by atoms with van der Waals surface area (Å²) in [6.07, 6.45) is 26.7. The van der Waals surface area contributed by atoms with E-state index in [1.165, 1.54) is 88.9 Å². The number of rotatable bonds is 6. The molecule has 51 heavy (non-hydrogen) atoms. The van der Waals surface area contributed by atoms with Crippen LogP contribution in [0.2, 0.25) is 0 Å². The van der Waals surface area contributed by atoms with Gasteiger partial charge in [0.15, 0.2) is 0 Å². The van der Waals surface area contributed by atoms with Gasteiger partial charge in [-0.2, -0.15) is 0 Å². The summed E-state index contributed by atoms with van der Waals surface area (Å²) in [5, 5.41) is 3.80. The molecule has 2 aliphatic heterocycles. The van der Waals surface area contributed by atoms with Gasteiger partial charge in [-0.25, -0.2) is 0 Å². The molecule has 5 aliphatic rings. The number of hydrogen-bond acceptors (Lipinski definition) is 3. The van der Waals surface area contributed by atoms with Gasteiger partial charge in [0, 0.05) is 45.4 Å². The van der Waals surface area contributed by atoms with E-state index in [9.17, 15) is 0 Å². The molecule has 0 saturated carbocycles. The fourth-order valence-electron chi connectivity index (χ4n) is 9.08. The summed E-state index contributed by atoms with van der Waals surface area (Å²) in [4.78, 5) is 2.45. The lowest BCUT2D eigenvalue weighted by molar-refractivity contribution is 0.245. The van der Waals surface area contributed by atoms with Crippen molar-refractivity contribution in [3.8, 4) is 16.9 Å². The van der Waals surface area contributed by atoms with E-state index in [2.05, 4.69) is 151 Å². The molecular weight excluding hydrogens is 621 g/mol. The number of para-hydroxylation sites is 2. The Kier molecular flexibility index (Phi) is 8.73. The number of fused-ring (bicyclic) bond motifs is 4. The number of nitrogens with one attached hydrogen (secondary N) is 1. The maximum Gasteiger partial charge on any atom is 0.131 e. The average Bonchev–Trinajstić information content (AvgIpc) is 3.58. The summed E-state index contributed by atoms with van der Waals surface area (Å²) < 4.78 is 6.61. The third kappa shape index (κ3) is 6.40. The van der Waals surface area contributed by atoms with Crippen LogP contribution in [0.25, 0.3) is 22.3 Å². The van der Waals surface area contributed by atoms with Gasteiger partial charge in [-0.05, 0) is 141 Å². The van der Waals surface area contributed by atoms with Crippen molar-refractivity contribution in [1.82, 2.24) is 0 Å². The molecule has 2 heterocycles. The second-order valence-corrected chi connectivity index (χ2v) is 15.1. The maximum absolute atomic E-state index is 6.61. The minimum absolute atomic E-state index is 0.155. The predicted molar refractivity (Wildman–Crippen MR) is 214 cm³/mol. The topological polar surface area (TPSA) is 24.5 Å². The second-order valence-electron chi connectivity index (χ2n) is 15.1. The van der Waals surface area contributed by atoms with E-state index in [-0.39, 0.29) is 6.10 Å². The van der Waals surface area contributed by atoms with Gasteiger partial charge in [0.2, 0.25) is 0 Å². The fraction of sp³-hybridized carbons (Fsp3) is 0.292. The van der Waals surface area contributed by atoms with E-state index >= 15 is 0 Å². The molecule has 0 fully saturated rings. The highest BCUT2D eigenvalue weighted by molar-refractivity contribution is 5.86. The van der Waals surface area contributed by atoms with Crippen LogP contribution in [0.4, 0.5) is 17.1 Å². The zero-order chi connectivity index (χ0) is 34.1. The van der Waals surface area contributed by atoms with Crippen molar-refractivity contribution in [3.05, 3.63) is 156 Å². The molecule has 1 N–H and O–H groups in total. The first-order valence-corrected chi connectivity index (χ1v) is 19.2. The van der Waals surface area contributed by atoms with Crippen molar-refractivity contribution in [2.24, 2.45) is 11.8 Å². The highest BCUT2D eigenvalue weighted by atomic mass is 16.5. The summed E-state index contributed by atoms with van der Waals surface area (Å²) in [7, 11) is 0. The number of ether oxygens (including phenoxy) is 1. The van der Waals surface area contributed by atoms with E-state index < -0.39 is 0 Å². The molecule has 256 valence electrons. The predicted octanol–water partition coefficient (Wildman–Crippen LogP) is 12.6. The third-order valence-corrected chi connectivity index (χ3v) is 11.8. The third-order valence-electron chi connectivity index (χ3n) is 11.8. The molecular formula is C48H48N2O. The molecule has 4 atom stereocenters. The van der Waals surface area contributed by atoms with Crippen LogP contribution in [-0.4, -0.2) is 12.6 Å². The van der Waals surface area contributed by atoms with Crippen molar-refractivity contribution in [2.75, 3.05) is 16.8 Å². The zero-order valence-electron chi connectivity index (χ0n) is 29.7. The average molecular weight is 669 g/mol. The number of benzene rings is 4. The van der Waals surface area contributed by atoms with Crippen LogP contribution in [0.15, 0.2) is 139 Å². The maximum atomic E-state index is 6.61. The monoisotopic (exact) mass is 668 g/mol. The van der Waals surface area contributed by atoms with Gasteiger partial charge >= 0.3 is 0 Å². The van der Waals surface area contributed by atoms with E-state index in [1.54, 1.807) is 0 Å². The van der Waals surface area contributed by atoms with Gasteiger partial charge in [0.25, 0.3) is 0 Å². The standard InChI is InChI=1S/C48H48N2O/c1-33-22-26-40(49-39-27-23-35(24-28-39)37-15-10-14-36(30-37)34-12-4-2-5-13-34)32-50(41-16-6-3-7-17-41)46-29-25-38(31-45(33)46)42-19-11-20-44-43-18-8-9-21-47(43)51-48(42)44/h3-4,6-7,9,11-12,16-17,19-31,34,36,43,47,49H,2,5,8,10,13-15,18,32H2,1H3/b33-22+,40-26+. The zero-order valence-corrected chi connectivity index (χ0v) is 29.7. The molecule has 0 amide bonds. The first kappa shape index (κ1) is 31.9. The number of anilines is 3. The molecule has 0 saturated heterocycles. The Balaban J connectivity index is 1.01. The highest BCUT2D eigenvalue weighted by Gasteiger charge is 2.35. The van der Waals surface area contributed by atoms with Crippen LogP contribution < -0.4 is 15.0 Å². The molecule has 0 radical (unpaired) electrons. The molecule has 3 heteroatoms. The molecule has 0 spiro atoms. The van der Waals surface area contributed by atoms with Crippen LogP contribution >= 0.6 is 0 Å². The summed E-state index contributed by atoms with van der Waals surface area (Å²) >= 11 is 0. The van der Waals surface area contributed by atoms with Crippen LogP contribution in [0, 0.1) is 11.8 Å². The Morgan fingerprint density at radius 2 is 1.57 bits per heavy atom. The molecule has 0 bridgehead atoms. The smallest absolute Gasteiger partial charge is 0.131 e. The Hall–Kier alpha value is -5.02. The SMILES string of the molecule is C/C1=C\C=C(\Nc2ccc(C3=CC(C4C=CCCC4)CCC3)cc2)CN(c2ccccc2)c2ccc(-c3cccc4c3OC3C=CCCC43)cc21. The molecule has 3 aliphatic carbocycles. The quantitative estimate of drug-likeness (QED) is 0.207. The lowest BCUT2D eigenvalue weighted by Crippen LogP contribution is -2.25. The largest absolute Gasteiger partial charge is 0.485 e. The van der Waals surface area contributed by atoms with Crippen LogP contribution in [0.5, 0.6) is 5.75 Å². The Morgan fingerprint density at radius 3 is 2.43 bits per heavy atom. The Morgan fingerprint density at radius 1 is 0.725 bits per heavy atom. The molecule has 4 unspecified atom stereocenters. The minimum Gasteiger partial charge on any atom is -0.485 e. The van der Waals surface area contributed by atoms with Crippen molar-refractivity contribution in [2.45, 2.75) is 70.3 Å². The van der Waals surface area contributed by atoms with Gasteiger partial charge in [-0.1, -0.05) is 85.0 Å². The molecule has 4 aromatic carbocycles. The van der Waals surface area contributed by atoms with E-state index in [0.29, 0.717) is 11.8 Å². The number of nitrogens with zero attached hydrogens (tertiary/aromatic N) is 1. The van der Waals surface area contributed by atoms with Gasteiger partial charge in [0.1, 0.15) is 11.9 Å². The van der Waals surface area contributed by atoms with Crippen molar-refractivity contribution >= 4 is 28.2 Å². The van der Waals surface area contributed by atoms with Gasteiger partial charge in [-0.3, -0.25) is 0 Å². The molecule has 0 aromatic heterocycles. The highest BCUT2D eigenvalue weighted by Crippen LogP contribution is 2.49. The summed E-state index contributed by atoms with van der Waals surface area (Å²) in [6.45, 7) is 2.96. The molecule has 3 nitrogen and oxygen atoms in total. The molecule has 9 rings (SSSR count). The summed E-state index contributed by atoms with van der Waals surface area (Å²) in [5.74, 6) is 2.92. The Bertz CT molecular complexity index is 2060. The number of hydrogen-bond donors (Lipinski definition) is 1. The summed E-state index contributed by atoms with van der Waals surface area (Å²) in [5.41, 5.74) is 13.8. The van der Waals surface area contributed by atoms with E-state index in [1.807, 2.05) is 0 Å². The van der Waals surface area contributed by atoms with E-state index in [4.69, 9.17) is 4.74 Å². The van der Waals surface area contributed by atoms with E-state index in [0.717, 1.165) is 42.4 Å². The lowest BCUT2D eigenvalue weighted by atomic mass is 9.76. The number of allylic oxidation sites excluding steroid dienone is 8. The van der Waals surface area contributed by atoms with Crippen LogP contribution in [0.1, 0.15) is 80.9 Å². The fourth-order valence-corrected chi connectivity index (χ4v) is 9.08. The van der Waals surface area contributed by atoms with Gasteiger partial charge < -0.3 is 15.0 Å². The van der Waals surface area contributed by atoms with Gasteiger partial charge in [-0.15, -0.1) is 0 Å². The molecule has 4 aromatic rings. The van der Waals surface area contributed by atoms with Crippen molar-refractivity contribution in [3.63, 3.8) is 0 Å². The second kappa shape index (κ2) is 13.9. The normalized spacial score (nSPS) is 25.8. The first-order chi connectivity index (χ1) is 25.2. The summed E-state index contributed by atoms with van der Waals surface area (Å²) in [6, 6.07) is 33.6. The Labute approximate surface area is 303 Å². The first-order valence-electron chi connectivity index (χ1n) is 19.2. The van der Waals surface area contributed by atoms with Crippen molar-refractivity contribution < 1.29 is 4.74 Å². The lowest BCUT2D eigenvalue weighted by Gasteiger charge is -2.31.